The predicted octanol–water partition coefficient (Wildman–Crippen LogP) is 27.8. The molecule has 0 saturated carbocycles. The topological polar surface area (TPSA) is 95.9 Å². The lowest BCUT2D eigenvalue weighted by Crippen LogP contribution is -2.45. The molecule has 6 heteroatoms. The van der Waals surface area contributed by atoms with Crippen molar-refractivity contribution in [3.63, 3.8) is 0 Å². The summed E-state index contributed by atoms with van der Waals surface area (Å²) in [4.78, 5) is 24.7. The van der Waals surface area contributed by atoms with Crippen molar-refractivity contribution in [2.24, 2.45) is 0 Å². The van der Waals surface area contributed by atoms with Crippen molar-refractivity contribution in [1.82, 2.24) is 5.32 Å². The van der Waals surface area contributed by atoms with Gasteiger partial charge >= 0.3 is 5.97 Å². The molecule has 0 aliphatic carbocycles. The number of amides is 1. The highest BCUT2D eigenvalue weighted by Crippen LogP contribution is 2.21. The predicted molar refractivity (Wildman–Crippen MR) is 398 cm³/mol. The van der Waals surface area contributed by atoms with Crippen molar-refractivity contribution < 1.29 is 24.5 Å². The number of rotatable bonds is 80. The molecule has 0 spiro atoms. The van der Waals surface area contributed by atoms with Gasteiger partial charge in [0, 0.05) is 12.8 Å². The molecule has 0 bridgehead atoms. The zero-order valence-corrected chi connectivity index (χ0v) is 61.7. The second kappa shape index (κ2) is 80.0. The Morgan fingerprint density at radius 3 is 0.789 bits per heavy atom. The van der Waals surface area contributed by atoms with Crippen molar-refractivity contribution in [3.05, 3.63) is 12.2 Å². The molecule has 3 N–H and O–H groups in total. The Kier molecular flexibility index (Phi) is 78.8. The maximum Gasteiger partial charge on any atom is 0.305 e. The molecule has 0 radical (unpaired) electrons. The van der Waals surface area contributed by atoms with Gasteiger partial charge in [-0.2, -0.15) is 0 Å². The Bertz CT molecular complexity index is 1370. The van der Waals surface area contributed by atoms with E-state index in [2.05, 4.69) is 31.3 Å². The molecule has 90 heavy (non-hydrogen) atoms. The molecule has 1 amide bonds. The van der Waals surface area contributed by atoms with Crippen molar-refractivity contribution >= 4 is 11.9 Å². The third kappa shape index (κ3) is 75.6. The first-order chi connectivity index (χ1) is 44.5. The van der Waals surface area contributed by atoms with Gasteiger partial charge in [0.15, 0.2) is 0 Å². The highest BCUT2D eigenvalue weighted by Gasteiger charge is 2.20. The zero-order chi connectivity index (χ0) is 64.9. The molecule has 0 fully saturated rings. The van der Waals surface area contributed by atoms with Crippen LogP contribution in [0.3, 0.4) is 0 Å². The van der Waals surface area contributed by atoms with Gasteiger partial charge in [0.05, 0.1) is 25.4 Å². The maximum atomic E-state index is 12.6. The van der Waals surface area contributed by atoms with Gasteiger partial charge in [-0.1, -0.05) is 437 Å². The highest BCUT2D eigenvalue weighted by atomic mass is 16.5. The molecule has 0 heterocycles. The summed E-state index contributed by atoms with van der Waals surface area (Å²) in [6.07, 6.45) is 102. The van der Waals surface area contributed by atoms with Gasteiger partial charge in [-0.15, -0.1) is 0 Å². The van der Waals surface area contributed by atoms with Crippen LogP contribution in [0.1, 0.15) is 489 Å². The third-order valence-corrected chi connectivity index (χ3v) is 20.1. The van der Waals surface area contributed by atoms with Crippen LogP contribution in [0.25, 0.3) is 0 Å². The van der Waals surface area contributed by atoms with Gasteiger partial charge in [0.1, 0.15) is 0 Å². The summed E-state index contributed by atoms with van der Waals surface area (Å²) in [5.74, 6) is -0.00695. The van der Waals surface area contributed by atoms with Crippen molar-refractivity contribution in [1.29, 1.82) is 0 Å². The minimum Gasteiger partial charge on any atom is -0.466 e. The lowest BCUT2D eigenvalue weighted by molar-refractivity contribution is -0.143. The molecule has 0 saturated heterocycles. The van der Waals surface area contributed by atoms with Crippen LogP contribution in [-0.2, 0) is 14.3 Å². The lowest BCUT2D eigenvalue weighted by Gasteiger charge is -2.22. The van der Waals surface area contributed by atoms with Crippen LogP contribution in [0, 0.1) is 0 Å². The number of nitrogens with one attached hydrogen (secondary N) is 1. The molecule has 536 valence electrons. The summed E-state index contributed by atoms with van der Waals surface area (Å²) in [5.41, 5.74) is 0. The quantitative estimate of drug-likeness (QED) is 0.0320. The van der Waals surface area contributed by atoms with Gasteiger partial charge in [0.2, 0.25) is 5.91 Å². The molecule has 2 atom stereocenters. The molecule has 0 aliphatic heterocycles. The minimum absolute atomic E-state index is 0.0166. The normalized spacial score (nSPS) is 12.4. The summed E-state index contributed by atoms with van der Waals surface area (Å²) >= 11 is 0. The number of hydrogen-bond donors (Lipinski definition) is 3. The summed E-state index contributed by atoms with van der Waals surface area (Å²) in [6, 6.07) is -0.538. The van der Waals surface area contributed by atoms with E-state index in [1.165, 1.54) is 411 Å². The Balaban J connectivity index is 3.31. The average molecular weight is 1270 g/mol. The number of aliphatic hydroxyl groups excluding tert-OH is 2. The number of unbranched alkanes of at least 4 members (excludes halogenated alkanes) is 67. The first kappa shape index (κ1) is 88.6. The number of esters is 1. The number of aliphatic hydroxyl groups is 2. The molecule has 6 nitrogen and oxygen atoms in total. The monoisotopic (exact) mass is 1270 g/mol. The molecule has 2 unspecified atom stereocenters. The van der Waals surface area contributed by atoms with Crippen LogP contribution >= 0.6 is 0 Å². The van der Waals surface area contributed by atoms with E-state index < -0.39 is 12.1 Å². The van der Waals surface area contributed by atoms with Gasteiger partial charge < -0.3 is 20.3 Å². The number of ether oxygens (including phenoxy) is 1. The van der Waals surface area contributed by atoms with E-state index in [4.69, 9.17) is 4.74 Å². The van der Waals surface area contributed by atoms with E-state index in [9.17, 15) is 19.8 Å². The Labute approximate surface area is 565 Å². The zero-order valence-electron chi connectivity index (χ0n) is 61.7. The number of hydrogen-bond acceptors (Lipinski definition) is 5. The van der Waals surface area contributed by atoms with Crippen LogP contribution in [0.4, 0.5) is 0 Å². The molecule has 0 aromatic rings. The summed E-state index contributed by atoms with van der Waals surface area (Å²) in [7, 11) is 0. The number of allylic oxidation sites excluding steroid dienone is 2. The van der Waals surface area contributed by atoms with Gasteiger partial charge in [-0.05, 0) is 51.4 Å². The average Bonchev–Trinajstić information content (AvgIpc) is 3.60. The third-order valence-electron chi connectivity index (χ3n) is 20.1. The fourth-order valence-corrected chi connectivity index (χ4v) is 13.7. The van der Waals surface area contributed by atoms with E-state index in [0.717, 1.165) is 44.9 Å². The number of carbonyl (C=O) groups excluding carboxylic acids is 2. The van der Waals surface area contributed by atoms with Crippen LogP contribution in [0.2, 0.25) is 0 Å². The van der Waals surface area contributed by atoms with E-state index in [0.29, 0.717) is 25.9 Å². The standard InChI is InChI=1S/C84H165NO5/c1-3-5-7-9-11-13-15-17-19-21-22-23-39-42-45-48-52-56-60-64-68-72-76-82(87)81(80-86)85-83(88)77-73-69-65-61-57-53-49-46-43-40-37-35-33-31-29-27-25-24-26-28-30-32-34-36-38-41-44-47-51-55-59-63-67-71-75-79-90-84(89)78-74-70-66-62-58-54-50-20-18-16-14-12-10-8-6-4-2/h20,50,81-82,86-87H,3-19,21-49,51-80H2,1-2H3,(H,85,88)/b50-20-. The van der Waals surface area contributed by atoms with Gasteiger partial charge in [0.25, 0.3) is 0 Å². The Morgan fingerprint density at radius 2 is 0.522 bits per heavy atom. The summed E-state index contributed by atoms with van der Waals surface area (Å²) in [6.45, 7) is 5.01. The molecule has 0 rings (SSSR count). The molecule has 0 aromatic carbocycles. The smallest absolute Gasteiger partial charge is 0.305 e. The van der Waals surface area contributed by atoms with E-state index in [1.54, 1.807) is 0 Å². The largest absolute Gasteiger partial charge is 0.466 e. The highest BCUT2D eigenvalue weighted by molar-refractivity contribution is 5.76. The van der Waals surface area contributed by atoms with Crippen LogP contribution in [0.15, 0.2) is 12.2 Å². The van der Waals surface area contributed by atoms with Crippen LogP contribution < -0.4 is 5.32 Å². The lowest BCUT2D eigenvalue weighted by atomic mass is 10.0. The van der Waals surface area contributed by atoms with Crippen LogP contribution in [0.5, 0.6) is 0 Å². The molecule has 0 aliphatic rings. The number of carbonyl (C=O) groups is 2. The first-order valence-electron chi connectivity index (χ1n) is 41.9. The minimum atomic E-state index is -0.661. The van der Waals surface area contributed by atoms with Crippen LogP contribution in [-0.4, -0.2) is 47.4 Å². The van der Waals surface area contributed by atoms with Gasteiger partial charge in [-0.25, -0.2) is 0 Å². The van der Waals surface area contributed by atoms with E-state index >= 15 is 0 Å². The second-order valence-corrected chi connectivity index (χ2v) is 29.2. The van der Waals surface area contributed by atoms with Crippen molar-refractivity contribution in [3.8, 4) is 0 Å². The SMILES string of the molecule is CCCCCCCCC/C=C\CCCCCCCC(=O)OCCCCCCCCCCCCCCCCCCCCCCCCCCCCCCCCCCCCCC(=O)NC(CO)C(O)CCCCCCCCCCCCCCCCCCCCCCCC. The molecular weight excluding hydrogens is 1100 g/mol. The van der Waals surface area contributed by atoms with Crippen molar-refractivity contribution in [2.45, 2.75) is 501 Å². The first-order valence-corrected chi connectivity index (χ1v) is 41.9. The summed E-state index contributed by atoms with van der Waals surface area (Å²) in [5, 5.41) is 23.5. The fraction of sp³-hybridized carbons (Fsp3) is 0.952. The van der Waals surface area contributed by atoms with Crippen molar-refractivity contribution in [2.75, 3.05) is 13.2 Å². The maximum absolute atomic E-state index is 12.6. The Morgan fingerprint density at radius 1 is 0.300 bits per heavy atom. The Hall–Kier alpha value is -1.40. The molecular formula is C84H165NO5. The van der Waals surface area contributed by atoms with E-state index in [1.807, 2.05) is 0 Å². The van der Waals surface area contributed by atoms with E-state index in [-0.39, 0.29) is 18.5 Å². The summed E-state index contributed by atoms with van der Waals surface area (Å²) < 4.78 is 5.51. The molecule has 0 aromatic heterocycles. The van der Waals surface area contributed by atoms with Gasteiger partial charge in [-0.3, -0.25) is 9.59 Å². The fourth-order valence-electron chi connectivity index (χ4n) is 13.7. The second-order valence-electron chi connectivity index (χ2n) is 29.2.